The molecule has 5 nitrogen and oxygen atoms in total. The van der Waals surface area contributed by atoms with Crippen molar-refractivity contribution in [2.24, 2.45) is 5.73 Å². The van der Waals surface area contributed by atoms with Gasteiger partial charge in [0.05, 0.1) is 12.7 Å². The van der Waals surface area contributed by atoms with Crippen LogP contribution in [0.4, 0.5) is 5.69 Å². The molecule has 0 unspecified atom stereocenters. The van der Waals surface area contributed by atoms with Crippen LogP contribution in [-0.2, 0) is 0 Å². The van der Waals surface area contributed by atoms with Gasteiger partial charge in [0.25, 0.3) is 5.91 Å². The molecule has 0 saturated carbocycles. The van der Waals surface area contributed by atoms with E-state index in [0.717, 1.165) is 17.1 Å². The summed E-state index contributed by atoms with van der Waals surface area (Å²) in [5.74, 6) is 5.44. The quantitative estimate of drug-likeness (QED) is 0.790. The van der Waals surface area contributed by atoms with E-state index < -0.39 is 0 Å². The molecule has 0 atom stereocenters. The Morgan fingerprint density at radius 3 is 3.11 bits per heavy atom. The molecule has 18 heavy (non-hydrogen) atoms. The summed E-state index contributed by atoms with van der Waals surface area (Å²) in [5.41, 5.74) is 6.79. The highest BCUT2D eigenvalue weighted by molar-refractivity contribution is 7.07. The van der Waals surface area contributed by atoms with Crippen molar-refractivity contribution < 1.29 is 4.79 Å². The second-order valence-electron chi connectivity index (χ2n) is 3.32. The number of amides is 1. The first-order valence-corrected chi connectivity index (χ1v) is 5.94. The van der Waals surface area contributed by atoms with Gasteiger partial charge in [0.15, 0.2) is 0 Å². The molecule has 1 amide bonds. The van der Waals surface area contributed by atoms with E-state index in [1.54, 1.807) is 12.1 Å². The molecule has 0 fully saturated rings. The van der Waals surface area contributed by atoms with E-state index in [2.05, 4.69) is 26.7 Å². The van der Waals surface area contributed by atoms with Crippen molar-refractivity contribution in [3.05, 3.63) is 40.9 Å². The predicted octanol–water partition coefficient (Wildman–Crippen LogP) is 1.10. The number of rotatable bonds is 2. The van der Waals surface area contributed by atoms with Crippen LogP contribution in [0.25, 0.3) is 0 Å². The number of carbonyl (C=O) groups excluding carboxylic acids is 1. The third-order valence-corrected chi connectivity index (χ3v) is 2.70. The predicted molar refractivity (Wildman–Crippen MR) is 70.2 cm³/mol. The van der Waals surface area contributed by atoms with Crippen LogP contribution in [-0.4, -0.2) is 22.0 Å². The molecule has 6 heteroatoms. The summed E-state index contributed by atoms with van der Waals surface area (Å²) in [5, 5.41) is 6.37. The lowest BCUT2D eigenvalue weighted by Crippen LogP contribution is -2.10. The van der Waals surface area contributed by atoms with Gasteiger partial charge in [-0.1, -0.05) is 22.4 Å². The van der Waals surface area contributed by atoms with Crippen LogP contribution in [0.5, 0.6) is 0 Å². The van der Waals surface area contributed by atoms with E-state index in [9.17, 15) is 4.79 Å². The Morgan fingerprint density at radius 2 is 2.39 bits per heavy atom. The topological polar surface area (TPSA) is 80.9 Å². The van der Waals surface area contributed by atoms with Gasteiger partial charge in [-0.15, -0.1) is 5.10 Å². The lowest BCUT2D eigenvalue weighted by molar-refractivity contribution is 0.103. The van der Waals surface area contributed by atoms with Crippen molar-refractivity contribution >= 4 is 23.1 Å². The lowest BCUT2D eigenvalue weighted by Gasteiger charge is -2.02. The molecular formula is C12H10N4OS. The van der Waals surface area contributed by atoms with E-state index in [4.69, 9.17) is 5.73 Å². The molecule has 0 spiro atoms. The highest BCUT2D eigenvalue weighted by Crippen LogP contribution is 2.12. The lowest BCUT2D eigenvalue weighted by atomic mass is 10.2. The molecule has 1 heterocycles. The molecule has 2 aromatic rings. The molecule has 1 aromatic heterocycles. The van der Waals surface area contributed by atoms with Gasteiger partial charge >= 0.3 is 0 Å². The third kappa shape index (κ3) is 3.13. The SMILES string of the molecule is NCC#Cc1cccc(NC(=O)c2cnns2)c1. The van der Waals surface area contributed by atoms with Crippen LogP contribution >= 0.6 is 11.5 Å². The van der Waals surface area contributed by atoms with Crippen molar-refractivity contribution in [2.45, 2.75) is 0 Å². The minimum absolute atomic E-state index is 0.228. The number of hydrogen-bond acceptors (Lipinski definition) is 5. The second-order valence-corrected chi connectivity index (χ2v) is 4.11. The van der Waals surface area contributed by atoms with Gasteiger partial charge in [-0.25, -0.2) is 0 Å². The molecule has 0 radical (unpaired) electrons. The number of anilines is 1. The molecule has 0 aliphatic carbocycles. The van der Waals surface area contributed by atoms with Crippen LogP contribution in [0.3, 0.4) is 0 Å². The minimum Gasteiger partial charge on any atom is -0.321 e. The summed E-state index contributed by atoms with van der Waals surface area (Å²) in [7, 11) is 0. The zero-order valence-corrected chi connectivity index (χ0v) is 10.2. The van der Waals surface area contributed by atoms with Gasteiger partial charge in [0.2, 0.25) is 0 Å². The van der Waals surface area contributed by atoms with Crippen LogP contribution in [0.15, 0.2) is 30.5 Å². The second kappa shape index (κ2) is 5.91. The average molecular weight is 258 g/mol. The Bertz CT molecular complexity index is 598. The average Bonchev–Trinajstić information content (AvgIpc) is 2.91. The normalized spacial score (nSPS) is 9.39. The number of aromatic nitrogens is 2. The van der Waals surface area contributed by atoms with Crippen LogP contribution in [0.1, 0.15) is 15.2 Å². The Balaban J connectivity index is 2.12. The number of hydrogen-bond donors (Lipinski definition) is 2. The smallest absolute Gasteiger partial charge is 0.269 e. The maximum Gasteiger partial charge on any atom is 0.269 e. The van der Waals surface area contributed by atoms with Crippen LogP contribution in [0, 0.1) is 11.8 Å². The summed E-state index contributed by atoms with van der Waals surface area (Å²) in [4.78, 5) is 12.2. The Morgan fingerprint density at radius 1 is 1.50 bits per heavy atom. The molecule has 0 bridgehead atoms. The summed E-state index contributed by atoms with van der Waals surface area (Å²) in [6, 6.07) is 7.25. The number of carbonyl (C=O) groups is 1. The van der Waals surface area contributed by atoms with Crippen LogP contribution < -0.4 is 11.1 Å². The fourth-order valence-electron chi connectivity index (χ4n) is 1.29. The number of benzene rings is 1. The van der Waals surface area contributed by atoms with Crippen molar-refractivity contribution in [1.29, 1.82) is 0 Å². The fraction of sp³-hybridized carbons (Fsp3) is 0.0833. The van der Waals surface area contributed by atoms with E-state index >= 15 is 0 Å². The van der Waals surface area contributed by atoms with Crippen molar-refractivity contribution in [3.63, 3.8) is 0 Å². The Hall–Kier alpha value is -2.23. The zero-order valence-electron chi connectivity index (χ0n) is 9.38. The summed E-state index contributed by atoms with van der Waals surface area (Å²) in [6.45, 7) is 0.309. The first-order chi connectivity index (χ1) is 8.79. The van der Waals surface area contributed by atoms with Crippen molar-refractivity contribution in [1.82, 2.24) is 9.59 Å². The molecule has 3 N–H and O–H groups in total. The van der Waals surface area contributed by atoms with Gasteiger partial charge in [0.1, 0.15) is 4.88 Å². The minimum atomic E-state index is -0.228. The molecule has 0 aliphatic heterocycles. The first-order valence-electron chi connectivity index (χ1n) is 5.17. The number of nitrogens with two attached hydrogens (primary N) is 1. The van der Waals surface area contributed by atoms with E-state index in [1.165, 1.54) is 6.20 Å². The highest BCUT2D eigenvalue weighted by Gasteiger charge is 2.08. The van der Waals surface area contributed by atoms with Gasteiger partial charge < -0.3 is 11.1 Å². The van der Waals surface area contributed by atoms with Crippen molar-refractivity contribution in [3.8, 4) is 11.8 Å². The Labute approximate surface area is 108 Å². The van der Waals surface area contributed by atoms with E-state index in [-0.39, 0.29) is 5.91 Å². The maximum atomic E-state index is 11.8. The van der Waals surface area contributed by atoms with Gasteiger partial charge in [-0.2, -0.15) is 0 Å². The summed E-state index contributed by atoms with van der Waals surface area (Å²) >= 11 is 1.05. The fourth-order valence-corrected chi connectivity index (χ4v) is 1.70. The summed E-state index contributed by atoms with van der Waals surface area (Å²) < 4.78 is 3.64. The molecule has 0 aliphatic rings. The maximum absolute atomic E-state index is 11.8. The zero-order chi connectivity index (χ0) is 12.8. The molecule has 0 saturated heterocycles. The van der Waals surface area contributed by atoms with E-state index in [1.807, 2.05) is 12.1 Å². The van der Waals surface area contributed by atoms with Gasteiger partial charge in [-0.05, 0) is 29.7 Å². The molecular weight excluding hydrogens is 248 g/mol. The molecule has 2 rings (SSSR count). The standard InChI is InChI=1S/C12H10N4OS/c13-6-2-4-9-3-1-5-10(7-9)15-12(17)11-8-14-16-18-11/h1,3,5,7-8H,6,13H2,(H,15,17). The third-order valence-electron chi connectivity index (χ3n) is 2.04. The number of nitrogens with one attached hydrogen (secondary N) is 1. The largest absolute Gasteiger partial charge is 0.321 e. The first kappa shape index (κ1) is 12.2. The van der Waals surface area contributed by atoms with Crippen molar-refractivity contribution in [2.75, 3.05) is 11.9 Å². The highest BCUT2D eigenvalue weighted by atomic mass is 32.1. The molecule has 90 valence electrons. The molecule has 1 aromatic carbocycles. The van der Waals surface area contributed by atoms with E-state index in [0.29, 0.717) is 17.1 Å². The monoisotopic (exact) mass is 258 g/mol. The van der Waals surface area contributed by atoms with Gasteiger partial charge in [0, 0.05) is 11.3 Å². The summed E-state index contributed by atoms with van der Waals surface area (Å²) in [6.07, 6.45) is 1.43. The number of nitrogens with zero attached hydrogens (tertiary/aromatic N) is 2. The Kier molecular flexibility index (Phi) is 4.02. The van der Waals surface area contributed by atoms with Gasteiger partial charge in [-0.3, -0.25) is 4.79 Å². The van der Waals surface area contributed by atoms with Crippen LogP contribution in [0.2, 0.25) is 0 Å².